The van der Waals surface area contributed by atoms with Crippen molar-refractivity contribution in [3.05, 3.63) is 102 Å². The molecule has 4 atom stereocenters. The van der Waals surface area contributed by atoms with E-state index in [1.54, 1.807) is 0 Å². The van der Waals surface area contributed by atoms with E-state index in [4.69, 9.17) is 29.7 Å². The number of fused-ring (bicyclic) bond motifs is 7. The Morgan fingerprint density at radius 3 is 2.36 bits per heavy atom. The number of esters is 2. The Labute approximate surface area is 347 Å². The number of methoxy groups -OCH3 is 1. The molecule has 9 nitrogen and oxygen atoms in total. The first-order valence-corrected chi connectivity index (χ1v) is 19.8. The molecule has 5 heterocycles. The maximum Gasteiger partial charge on any atom is 2.00 e. The van der Waals surface area contributed by atoms with Gasteiger partial charge in [-0.2, -0.15) is 11.4 Å². The summed E-state index contributed by atoms with van der Waals surface area (Å²) in [5.41, 5.74) is 10.7. The van der Waals surface area contributed by atoms with E-state index in [9.17, 15) is 14.4 Å². The van der Waals surface area contributed by atoms with E-state index < -0.39 is 11.9 Å². The molecular formula is C46H54MgN4O5-2. The molecule has 3 aliphatic rings. The monoisotopic (exact) mass is 766 g/mol. The number of hydrogen-bond acceptors (Lipinski definition) is 5. The summed E-state index contributed by atoms with van der Waals surface area (Å²) in [4.78, 5) is 56.1. The fourth-order valence-corrected chi connectivity index (χ4v) is 8.31. The zero-order chi connectivity index (χ0) is 39.7. The first kappa shape index (κ1) is 42.9. The number of aromatic nitrogens is 3. The average Bonchev–Trinajstić information content (AvgIpc) is 3.90. The van der Waals surface area contributed by atoms with Crippen LogP contribution in [0.15, 0.2) is 29.6 Å². The van der Waals surface area contributed by atoms with Crippen LogP contribution >= 0.6 is 0 Å². The van der Waals surface area contributed by atoms with Gasteiger partial charge in [-0.25, -0.2) is 0 Å². The molecule has 0 spiro atoms. The number of carbonyl (C=O) groups is 3. The number of hydrogen-bond donors (Lipinski definition) is 0. The smallest absolute Gasteiger partial charge is 0.664 e. The van der Waals surface area contributed by atoms with Gasteiger partial charge in [-0.1, -0.05) is 105 Å². The quantitative estimate of drug-likeness (QED) is 0.0778. The molecule has 1 aliphatic carbocycles. The van der Waals surface area contributed by atoms with Crippen LogP contribution in [0.1, 0.15) is 134 Å². The van der Waals surface area contributed by atoms with Gasteiger partial charge in [-0.05, 0) is 82.8 Å². The third-order valence-electron chi connectivity index (χ3n) is 12.0. The minimum absolute atomic E-state index is 0. The number of allylic oxidation sites excluding steroid dienone is 3. The second-order valence-corrected chi connectivity index (χ2v) is 15.5. The van der Waals surface area contributed by atoms with E-state index in [0.29, 0.717) is 46.1 Å². The summed E-state index contributed by atoms with van der Waals surface area (Å²) < 4.78 is 10.9. The van der Waals surface area contributed by atoms with Gasteiger partial charge in [0, 0.05) is 12.0 Å². The molecule has 1 fully saturated rings. The molecule has 56 heavy (non-hydrogen) atoms. The molecule has 292 valence electrons. The SMILES string of the molecule is C=Cc1c2[n-]c(c1C)/C=C1/[N-]/C(=C3\c4[n-]c(c(C)c4C(=O)[C@@H]3C(=O)OC)/C=c3\[n-]/c(c(C)c3CC)=C\2)[C@@H](CCC(=O)OC/C=C(\C)CCC[C@H](C)CC)[C@@H]1C.[Mg+2]. The van der Waals surface area contributed by atoms with E-state index in [1.807, 2.05) is 44.2 Å². The summed E-state index contributed by atoms with van der Waals surface area (Å²) in [6, 6.07) is 0. The van der Waals surface area contributed by atoms with Gasteiger partial charge in [-0.3, -0.25) is 14.4 Å². The molecule has 0 N–H and O–H groups in total. The fraction of sp³-hybridized carbons (Fsp3) is 0.457. The first-order chi connectivity index (χ1) is 26.3. The van der Waals surface area contributed by atoms with Crippen molar-refractivity contribution in [3.63, 3.8) is 0 Å². The van der Waals surface area contributed by atoms with Crippen LogP contribution in [0.3, 0.4) is 0 Å². The van der Waals surface area contributed by atoms with Crippen molar-refractivity contribution in [2.24, 2.45) is 23.7 Å². The molecule has 6 rings (SSSR count). The summed E-state index contributed by atoms with van der Waals surface area (Å²) >= 11 is 0. The molecule has 0 radical (unpaired) electrons. The van der Waals surface area contributed by atoms with Crippen molar-refractivity contribution in [1.29, 1.82) is 0 Å². The molecule has 0 saturated carbocycles. The van der Waals surface area contributed by atoms with Crippen molar-refractivity contribution in [1.82, 2.24) is 15.0 Å². The van der Waals surface area contributed by atoms with Gasteiger partial charge in [0.1, 0.15) is 12.5 Å². The number of ketones is 1. The zero-order valence-electron chi connectivity index (χ0n) is 34.6. The Morgan fingerprint density at radius 2 is 1.68 bits per heavy atom. The fourth-order valence-electron chi connectivity index (χ4n) is 8.31. The minimum atomic E-state index is -1.22. The maximum absolute atomic E-state index is 14.3. The van der Waals surface area contributed by atoms with Crippen molar-refractivity contribution < 1.29 is 23.9 Å². The standard InChI is InChI=1S/C46H55N4O5.Mg/c1-11-24(4)15-14-16-25(5)19-20-55-39(51)18-17-32-28(8)35-21-33-26(6)30(12-2)37(47-33)22-34-27(7)31(13-3)38(48-34)23-36-29(9)40-44(50-36)41(43(32)49-35)42(45(40)52)46(53)54-10;/h12,19,21-24,28,32,42H,2,11,13-18,20H2,1,3-10H3,(H-,49,50,52);/q-3;+2/p-1/b25-19+,34-22-,35-21+,38-23-;/t24-,28+,32+,42-;/m1./s1. The number of Topliss-reactive ketones (excluding diaryl/α,β-unsaturated/α-hetero) is 1. The van der Waals surface area contributed by atoms with E-state index in [1.165, 1.54) is 25.5 Å². The molecule has 8 bridgehead atoms. The Hall–Kier alpha value is -4.28. The van der Waals surface area contributed by atoms with E-state index in [-0.39, 0.29) is 59.7 Å². The summed E-state index contributed by atoms with van der Waals surface area (Å²) in [6.07, 6.45) is 15.5. The van der Waals surface area contributed by atoms with Crippen LogP contribution in [0, 0.1) is 44.4 Å². The molecule has 2 aliphatic heterocycles. The van der Waals surface area contributed by atoms with Crippen LogP contribution < -0.4 is 25.7 Å². The first-order valence-electron chi connectivity index (χ1n) is 19.8. The number of nitrogens with zero attached hydrogens (tertiary/aromatic N) is 4. The summed E-state index contributed by atoms with van der Waals surface area (Å²) in [7, 11) is 1.29. The van der Waals surface area contributed by atoms with Crippen molar-refractivity contribution >= 4 is 70.7 Å². The average molecular weight is 767 g/mol. The Bertz CT molecular complexity index is 2260. The Morgan fingerprint density at radius 1 is 0.964 bits per heavy atom. The maximum atomic E-state index is 14.3. The van der Waals surface area contributed by atoms with Crippen LogP contribution in [-0.4, -0.2) is 54.5 Å². The van der Waals surface area contributed by atoms with Crippen LogP contribution in [0.25, 0.3) is 35.2 Å². The Balaban J connectivity index is 0.00000600. The topological polar surface area (TPSA) is 126 Å². The number of carbonyl (C=O) groups excluding carboxylic acids is 3. The minimum Gasteiger partial charge on any atom is -0.664 e. The molecule has 3 aromatic heterocycles. The van der Waals surface area contributed by atoms with Crippen molar-refractivity contribution in [2.45, 2.75) is 100 Å². The van der Waals surface area contributed by atoms with E-state index in [2.05, 4.69) is 48.1 Å². The van der Waals surface area contributed by atoms with E-state index in [0.717, 1.165) is 69.3 Å². The molecule has 1 saturated heterocycles. The number of ether oxygens (including phenoxy) is 2. The predicted octanol–water partition coefficient (Wildman–Crippen LogP) is 7.14. The van der Waals surface area contributed by atoms with Gasteiger partial charge < -0.3 is 29.7 Å². The van der Waals surface area contributed by atoms with Crippen molar-refractivity contribution in [2.75, 3.05) is 13.7 Å². The Kier molecular flexibility index (Phi) is 13.7. The predicted molar refractivity (Wildman–Crippen MR) is 223 cm³/mol. The molecule has 0 amide bonds. The molecule has 0 aromatic carbocycles. The van der Waals surface area contributed by atoms with Crippen molar-refractivity contribution in [3.8, 4) is 0 Å². The van der Waals surface area contributed by atoms with Crippen LogP contribution in [0.2, 0.25) is 0 Å². The van der Waals surface area contributed by atoms with Gasteiger partial charge in [0.25, 0.3) is 0 Å². The molecule has 3 aromatic rings. The van der Waals surface area contributed by atoms with Gasteiger partial charge in [0.15, 0.2) is 5.78 Å². The number of rotatable bonds is 13. The molecular weight excluding hydrogens is 713 g/mol. The summed E-state index contributed by atoms with van der Waals surface area (Å²) in [5.74, 6) is -2.33. The van der Waals surface area contributed by atoms with E-state index >= 15 is 0 Å². The normalized spacial score (nSPS) is 22.5. The summed E-state index contributed by atoms with van der Waals surface area (Å²) in [5, 5.41) is 6.80. The van der Waals surface area contributed by atoms with Crippen LogP contribution in [0.5, 0.6) is 0 Å². The second kappa shape index (κ2) is 17.9. The van der Waals surface area contributed by atoms with Gasteiger partial charge in [0.05, 0.1) is 7.11 Å². The third kappa shape index (κ3) is 8.10. The van der Waals surface area contributed by atoms with Gasteiger partial charge in [0.2, 0.25) is 0 Å². The summed E-state index contributed by atoms with van der Waals surface area (Å²) in [6.45, 7) is 21.0. The van der Waals surface area contributed by atoms with Crippen LogP contribution in [-0.2, 0) is 25.5 Å². The zero-order valence-corrected chi connectivity index (χ0v) is 36.0. The van der Waals surface area contributed by atoms with Gasteiger partial charge >= 0.3 is 35.0 Å². The molecule has 10 heteroatoms. The third-order valence-corrected chi connectivity index (χ3v) is 12.0. The van der Waals surface area contributed by atoms with Crippen LogP contribution in [0.4, 0.5) is 0 Å². The second-order valence-electron chi connectivity index (χ2n) is 15.5. The largest absolute Gasteiger partial charge is 2.00 e. The van der Waals surface area contributed by atoms with Gasteiger partial charge in [-0.15, -0.1) is 33.5 Å². The molecule has 0 unspecified atom stereocenters.